The van der Waals surface area contributed by atoms with Crippen LogP contribution in [0.5, 0.6) is 5.75 Å². The molecule has 0 bridgehead atoms. The number of aromatic nitrogens is 2. The average molecular weight is 468 g/mol. The molecule has 0 fully saturated rings. The van der Waals surface area contributed by atoms with Crippen LogP contribution >= 0.6 is 11.8 Å². The summed E-state index contributed by atoms with van der Waals surface area (Å²) in [6.45, 7) is 0. The zero-order valence-electron chi connectivity index (χ0n) is 18.4. The van der Waals surface area contributed by atoms with E-state index in [0.29, 0.717) is 27.5 Å². The van der Waals surface area contributed by atoms with Gasteiger partial charge in [0.15, 0.2) is 5.16 Å². The van der Waals surface area contributed by atoms with Gasteiger partial charge in [-0.1, -0.05) is 66.4 Å². The summed E-state index contributed by atoms with van der Waals surface area (Å²) < 4.78 is 6.99. The number of hydrogen-bond acceptors (Lipinski definition) is 5. The first kappa shape index (κ1) is 21.7. The molecule has 0 aliphatic rings. The fourth-order valence-corrected chi connectivity index (χ4v) is 4.64. The first-order chi connectivity index (χ1) is 16.6. The maximum Gasteiger partial charge on any atom is 0.266 e. The predicted molar refractivity (Wildman–Crippen MR) is 137 cm³/mol. The summed E-state index contributed by atoms with van der Waals surface area (Å²) >= 11 is 1.21. The van der Waals surface area contributed by atoms with Crippen LogP contribution in [0.4, 0.5) is 5.69 Å². The number of carbonyl (C=O) groups is 1. The van der Waals surface area contributed by atoms with Crippen LogP contribution in [0, 0.1) is 0 Å². The van der Waals surface area contributed by atoms with E-state index in [1.54, 1.807) is 31.4 Å². The van der Waals surface area contributed by atoms with Crippen LogP contribution in [0.3, 0.4) is 0 Å². The van der Waals surface area contributed by atoms with Gasteiger partial charge in [-0.05, 0) is 47.2 Å². The lowest BCUT2D eigenvalue weighted by molar-refractivity contribution is -0.113. The molecule has 5 aromatic rings. The number of methoxy groups -OCH3 is 1. The fraction of sp³-hybridized carbons (Fsp3) is 0.0741. The number of carbonyl (C=O) groups excluding carboxylic acids is 1. The SMILES string of the molecule is COc1ccccc1-n1c(SCC(=O)Nc2ccc3ccccc3c2)nc2ccccc2c1=O. The standard InChI is InChI=1S/C27H21N3O3S/c1-33-24-13-7-6-12-23(24)30-26(32)21-10-4-5-11-22(21)29-27(30)34-17-25(31)28-20-15-14-18-8-2-3-9-19(18)16-20/h2-16H,17H2,1H3,(H,28,31). The van der Waals surface area contributed by atoms with Gasteiger partial charge in [-0.15, -0.1) is 0 Å². The van der Waals surface area contributed by atoms with Crippen LogP contribution in [0.25, 0.3) is 27.4 Å². The van der Waals surface area contributed by atoms with Gasteiger partial charge in [0.05, 0.1) is 29.5 Å². The molecule has 1 aromatic heterocycles. The van der Waals surface area contributed by atoms with Crippen molar-refractivity contribution in [3.8, 4) is 11.4 Å². The van der Waals surface area contributed by atoms with Crippen molar-refractivity contribution in [2.75, 3.05) is 18.2 Å². The highest BCUT2D eigenvalue weighted by Gasteiger charge is 2.17. The second kappa shape index (κ2) is 9.41. The lowest BCUT2D eigenvalue weighted by Gasteiger charge is -2.15. The van der Waals surface area contributed by atoms with E-state index < -0.39 is 0 Å². The van der Waals surface area contributed by atoms with E-state index in [9.17, 15) is 9.59 Å². The van der Waals surface area contributed by atoms with E-state index >= 15 is 0 Å². The molecule has 0 saturated heterocycles. The minimum Gasteiger partial charge on any atom is -0.495 e. The molecule has 4 aromatic carbocycles. The number of thioether (sulfide) groups is 1. The van der Waals surface area contributed by atoms with Gasteiger partial charge < -0.3 is 10.1 Å². The molecule has 168 valence electrons. The lowest BCUT2D eigenvalue weighted by Crippen LogP contribution is -2.23. The van der Waals surface area contributed by atoms with Crippen molar-refractivity contribution in [2.24, 2.45) is 0 Å². The van der Waals surface area contributed by atoms with Crippen molar-refractivity contribution in [1.82, 2.24) is 9.55 Å². The third-order valence-corrected chi connectivity index (χ3v) is 6.38. The largest absolute Gasteiger partial charge is 0.495 e. The van der Waals surface area contributed by atoms with Gasteiger partial charge in [-0.2, -0.15) is 0 Å². The highest BCUT2D eigenvalue weighted by atomic mass is 32.2. The molecular weight excluding hydrogens is 446 g/mol. The molecule has 6 nitrogen and oxygen atoms in total. The number of rotatable bonds is 6. The predicted octanol–water partition coefficient (Wildman–Crippen LogP) is 5.28. The number of hydrogen-bond donors (Lipinski definition) is 1. The van der Waals surface area contributed by atoms with Crippen molar-refractivity contribution < 1.29 is 9.53 Å². The van der Waals surface area contributed by atoms with Crippen LogP contribution in [0.1, 0.15) is 0 Å². The molecule has 0 aliphatic heterocycles. The van der Waals surface area contributed by atoms with Crippen LogP contribution in [0.2, 0.25) is 0 Å². The number of fused-ring (bicyclic) bond motifs is 2. The first-order valence-electron chi connectivity index (χ1n) is 10.7. The van der Waals surface area contributed by atoms with E-state index in [1.807, 2.05) is 66.7 Å². The van der Waals surface area contributed by atoms with Gasteiger partial charge >= 0.3 is 0 Å². The van der Waals surface area contributed by atoms with Crippen molar-refractivity contribution in [3.63, 3.8) is 0 Å². The van der Waals surface area contributed by atoms with Crippen molar-refractivity contribution >= 4 is 45.0 Å². The van der Waals surface area contributed by atoms with Crippen molar-refractivity contribution in [1.29, 1.82) is 0 Å². The summed E-state index contributed by atoms with van der Waals surface area (Å²) in [5.74, 6) is 0.450. The van der Waals surface area contributed by atoms with Gasteiger partial charge in [0.25, 0.3) is 5.56 Å². The number of nitrogens with one attached hydrogen (secondary N) is 1. The zero-order valence-corrected chi connectivity index (χ0v) is 19.2. The topological polar surface area (TPSA) is 73.2 Å². The third kappa shape index (κ3) is 4.25. The number of nitrogens with zero attached hydrogens (tertiary/aromatic N) is 2. The number of benzene rings is 4. The highest BCUT2D eigenvalue weighted by Crippen LogP contribution is 2.27. The normalized spacial score (nSPS) is 11.0. The van der Waals surface area contributed by atoms with Crippen molar-refractivity contribution in [2.45, 2.75) is 5.16 Å². The minimum atomic E-state index is -0.215. The molecule has 0 atom stereocenters. The molecule has 5 rings (SSSR count). The van der Waals surface area contributed by atoms with Crippen LogP contribution in [-0.2, 0) is 4.79 Å². The molecule has 0 saturated carbocycles. The summed E-state index contributed by atoms with van der Waals surface area (Å²) in [6, 6.07) is 28.2. The Morgan fingerprint density at radius 2 is 1.68 bits per heavy atom. The Labute approximate surface area is 200 Å². The Morgan fingerprint density at radius 3 is 2.53 bits per heavy atom. The monoisotopic (exact) mass is 467 g/mol. The maximum absolute atomic E-state index is 13.4. The maximum atomic E-state index is 13.4. The number of ether oxygens (including phenoxy) is 1. The molecule has 0 unspecified atom stereocenters. The van der Waals surface area contributed by atoms with E-state index in [0.717, 1.165) is 16.5 Å². The van der Waals surface area contributed by atoms with Gasteiger partial charge in [-0.25, -0.2) is 4.98 Å². The molecule has 0 radical (unpaired) electrons. The molecule has 7 heteroatoms. The molecule has 34 heavy (non-hydrogen) atoms. The summed E-state index contributed by atoms with van der Waals surface area (Å²) in [7, 11) is 1.56. The summed E-state index contributed by atoms with van der Waals surface area (Å²) in [6.07, 6.45) is 0. The number of para-hydroxylation sites is 3. The second-order valence-electron chi connectivity index (χ2n) is 7.62. The molecule has 0 spiro atoms. The van der Waals surface area contributed by atoms with Crippen LogP contribution in [0.15, 0.2) is 101 Å². The zero-order chi connectivity index (χ0) is 23.5. The van der Waals surface area contributed by atoms with Gasteiger partial charge in [0.2, 0.25) is 5.91 Å². The van der Waals surface area contributed by atoms with Crippen molar-refractivity contribution in [3.05, 3.63) is 101 Å². The molecule has 1 heterocycles. The highest BCUT2D eigenvalue weighted by molar-refractivity contribution is 7.99. The Hall–Kier alpha value is -4.10. The molecule has 1 N–H and O–H groups in total. The third-order valence-electron chi connectivity index (χ3n) is 5.44. The van der Waals surface area contributed by atoms with Crippen LogP contribution in [-0.4, -0.2) is 28.3 Å². The molecule has 0 aliphatic carbocycles. The van der Waals surface area contributed by atoms with Crippen LogP contribution < -0.4 is 15.6 Å². The average Bonchev–Trinajstić information content (AvgIpc) is 2.87. The Balaban J connectivity index is 1.46. The minimum absolute atomic E-state index is 0.0900. The summed E-state index contributed by atoms with van der Waals surface area (Å²) in [5, 5.41) is 6.01. The summed E-state index contributed by atoms with van der Waals surface area (Å²) in [4.78, 5) is 30.9. The second-order valence-corrected chi connectivity index (χ2v) is 8.57. The molecular formula is C27H21N3O3S. The smallest absolute Gasteiger partial charge is 0.266 e. The van der Waals surface area contributed by atoms with E-state index in [-0.39, 0.29) is 17.2 Å². The number of anilines is 1. The quantitative estimate of drug-likeness (QED) is 0.272. The van der Waals surface area contributed by atoms with Gasteiger partial charge in [0.1, 0.15) is 5.75 Å². The fourth-order valence-electron chi connectivity index (χ4n) is 3.83. The summed E-state index contributed by atoms with van der Waals surface area (Å²) in [5.41, 5.74) is 1.66. The Morgan fingerprint density at radius 1 is 0.941 bits per heavy atom. The van der Waals surface area contributed by atoms with E-state index in [4.69, 9.17) is 9.72 Å². The van der Waals surface area contributed by atoms with E-state index in [1.165, 1.54) is 16.3 Å². The Kier molecular flexibility index (Phi) is 6.01. The van der Waals surface area contributed by atoms with E-state index in [2.05, 4.69) is 5.32 Å². The number of amides is 1. The van der Waals surface area contributed by atoms with Gasteiger partial charge in [0, 0.05) is 5.69 Å². The Bertz CT molecular complexity index is 1580. The van der Waals surface area contributed by atoms with Gasteiger partial charge in [-0.3, -0.25) is 14.2 Å². The lowest BCUT2D eigenvalue weighted by atomic mass is 10.1. The first-order valence-corrected chi connectivity index (χ1v) is 11.7. The molecule has 1 amide bonds.